The first-order chi connectivity index (χ1) is 11.9. The maximum Gasteiger partial charge on any atom is 0.280 e. The molecule has 1 unspecified atom stereocenters. The summed E-state index contributed by atoms with van der Waals surface area (Å²) in [4.78, 5) is 44.7. The van der Waals surface area contributed by atoms with Crippen LogP contribution in [0.25, 0.3) is 11.2 Å². The molecule has 0 bridgehead atoms. The van der Waals surface area contributed by atoms with Crippen molar-refractivity contribution in [2.75, 3.05) is 30.4 Å². The summed E-state index contributed by atoms with van der Waals surface area (Å²) in [5.41, 5.74) is 9.99. The molecular weight excluding hydrogens is 330 g/mol. The number of nitrogens with one attached hydrogen (secondary N) is 2. The van der Waals surface area contributed by atoms with Crippen molar-refractivity contribution in [2.45, 2.75) is 19.1 Å². The Hall–Kier alpha value is -3.21. The van der Waals surface area contributed by atoms with E-state index in [0.29, 0.717) is 25.2 Å². The van der Waals surface area contributed by atoms with Crippen LogP contribution in [0.15, 0.2) is 20.7 Å². The quantitative estimate of drug-likeness (QED) is 0.367. The van der Waals surface area contributed by atoms with Crippen molar-refractivity contribution in [3.63, 3.8) is 0 Å². The number of nitrogen functional groups attached to an aromatic ring is 2. The van der Waals surface area contributed by atoms with E-state index < -0.39 is 16.4 Å². The van der Waals surface area contributed by atoms with Crippen LogP contribution in [0.3, 0.4) is 0 Å². The Kier molecular flexibility index (Phi) is 4.23. The monoisotopic (exact) mass is 347 g/mol. The van der Waals surface area contributed by atoms with E-state index in [0.717, 1.165) is 0 Å². The molecule has 0 amide bonds. The summed E-state index contributed by atoms with van der Waals surface area (Å²) in [5.74, 6) is 0.0137. The average molecular weight is 347 g/mol. The van der Waals surface area contributed by atoms with E-state index in [2.05, 4.69) is 20.3 Å². The van der Waals surface area contributed by atoms with E-state index in [9.17, 15) is 14.4 Å². The zero-order valence-electron chi connectivity index (χ0n) is 13.4. The first kappa shape index (κ1) is 16.6. The van der Waals surface area contributed by atoms with Gasteiger partial charge in [-0.25, -0.2) is 4.98 Å². The zero-order chi connectivity index (χ0) is 18.1. The van der Waals surface area contributed by atoms with E-state index in [1.165, 1.54) is 13.4 Å². The van der Waals surface area contributed by atoms with E-state index in [-0.39, 0.29) is 28.9 Å². The second kappa shape index (κ2) is 6.36. The molecule has 1 aromatic carbocycles. The number of aryl methyl sites for hydroxylation is 1. The van der Waals surface area contributed by atoms with Gasteiger partial charge in [0.1, 0.15) is 11.4 Å². The van der Waals surface area contributed by atoms with E-state index in [1.54, 1.807) is 4.57 Å². The smallest absolute Gasteiger partial charge is 0.280 e. The molecule has 1 atom stereocenters. The summed E-state index contributed by atoms with van der Waals surface area (Å²) in [7, 11) is 1.53. The molecule has 6 N–H and O–H groups in total. The number of nitrogens with two attached hydrogens (primary N) is 2. The SMILES string of the molecule is COC(CCn1cnc2c(=O)[nH]c(N)nc21)CNc1c(N)c(=O)c1=O. The zero-order valence-corrected chi connectivity index (χ0v) is 13.4. The van der Waals surface area contributed by atoms with Crippen LogP contribution < -0.4 is 33.2 Å². The van der Waals surface area contributed by atoms with Gasteiger partial charge in [-0.05, 0) is 6.42 Å². The Labute approximate surface area is 140 Å². The number of ether oxygens (including phenoxy) is 1. The number of anilines is 3. The van der Waals surface area contributed by atoms with Crippen LogP contribution in [0.5, 0.6) is 0 Å². The molecule has 0 aliphatic rings. The number of methoxy groups -OCH3 is 1. The number of hydrogen-bond donors (Lipinski definition) is 4. The first-order valence-electron chi connectivity index (χ1n) is 7.48. The molecule has 0 saturated heterocycles. The van der Waals surface area contributed by atoms with Crippen molar-refractivity contribution in [3.8, 4) is 0 Å². The number of fused-ring (bicyclic) bond motifs is 1. The third-order valence-electron chi connectivity index (χ3n) is 3.97. The summed E-state index contributed by atoms with van der Waals surface area (Å²) < 4.78 is 7.05. The third kappa shape index (κ3) is 2.96. The molecule has 11 nitrogen and oxygen atoms in total. The highest BCUT2D eigenvalue weighted by Gasteiger charge is 2.19. The Morgan fingerprint density at radius 1 is 1.32 bits per heavy atom. The maximum atomic E-state index is 11.7. The molecule has 11 heteroatoms. The van der Waals surface area contributed by atoms with Gasteiger partial charge in [0.05, 0.1) is 12.4 Å². The molecule has 132 valence electrons. The second-order valence-electron chi connectivity index (χ2n) is 5.54. The molecule has 0 fully saturated rings. The fourth-order valence-corrected chi connectivity index (χ4v) is 2.52. The third-order valence-corrected chi connectivity index (χ3v) is 3.97. The Morgan fingerprint density at radius 3 is 2.76 bits per heavy atom. The minimum absolute atomic E-state index is 0.0137. The summed E-state index contributed by atoms with van der Waals surface area (Å²) >= 11 is 0. The molecule has 0 aliphatic carbocycles. The molecule has 0 spiro atoms. The standard InChI is InChI=1S/C14H17N7O4/c1-25-6(4-17-8-7(15)10(22)11(8)23)2-3-21-5-18-9-12(21)19-14(16)20-13(9)24/h5-6,17H,2-4,15H2,1H3,(H3,16,19,20,24). The average Bonchev–Trinajstić information content (AvgIpc) is 3.00. The Bertz CT molecular complexity index is 1040. The topological polar surface area (TPSA) is 171 Å². The highest BCUT2D eigenvalue weighted by Crippen LogP contribution is 2.12. The van der Waals surface area contributed by atoms with Crippen LogP contribution in [0, 0.1) is 0 Å². The van der Waals surface area contributed by atoms with Crippen molar-refractivity contribution in [1.82, 2.24) is 19.5 Å². The second-order valence-corrected chi connectivity index (χ2v) is 5.54. The molecule has 3 aromatic rings. The lowest BCUT2D eigenvalue weighted by Gasteiger charge is -2.18. The van der Waals surface area contributed by atoms with Crippen molar-refractivity contribution >= 4 is 28.5 Å². The number of hydrogen-bond acceptors (Lipinski definition) is 9. The van der Waals surface area contributed by atoms with Crippen molar-refractivity contribution < 1.29 is 4.74 Å². The van der Waals surface area contributed by atoms with Crippen molar-refractivity contribution in [2.24, 2.45) is 0 Å². The van der Waals surface area contributed by atoms with Crippen molar-refractivity contribution in [1.29, 1.82) is 0 Å². The number of H-pyrrole nitrogens is 1. The van der Waals surface area contributed by atoms with Crippen LogP contribution in [0.4, 0.5) is 17.3 Å². The van der Waals surface area contributed by atoms with Crippen LogP contribution in [0.2, 0.25) is 0 Å². The van der Waals surface area contributed by atoms with Gasteiger partial charge >= 0.3 is 0 Å². The Morgan fingerprint density at radius 2 is 2.08 bits per heavy atom. The fraction of sp³-hybridized carbons (Fsp3) is 0.357. The molecule has 2 heterocycles. The van der Waals surface area contributed by atoms with E-state index in [4.69, 9.17) is 16.2 Å². The fourth-order valence-electron chi connectivity index (χ4n) is 2.52. The molecule has 3 rings (SSSR count). The van der Waals surface area contributed by atoms with Crippen LogP contribution in [-0.4, -0.2) is 39.3 Å². The molecule has 0 aliphatic heterocycles. The summed E-state index contributed by atoms with van der Waals surface area (Å²) in [6.07, 6.45) is 1.78. The molecule has 25 heavy (non-hydrogen) atoms. The minimum Gasteiger partial charge on any atom is -0.394 e. The predicted octanol–water partition coefficient (Wildman–Crippen LogP) is -1.60. The molecule has 0 radical (unpaired) electrons. The summed E-state index contributed by atoms with van der Waals surface area (Å²) in [5, 5.41) is 2.83. The Balaban J connectivity index is 1.66. The van der Waals surface area contributed by atoms with Gasteiger partial charge in [-0.3, -0.25) is 19.4 Å². The van der Waals surface area contributed by atoms with Gasteiger partial charge < -0.3 is 26.1 Å². The number of imidazole rings is 1. The lowest BCUT2D eigenvalue weighted by molar-refractivity contribution is 0.102. The number of rotatable bonds is 7. The van der Waals surface area contributed by atoms with Gasteiger partial charge in [0, 0.05) is 20.2 Å². The van der Waals surface area contributed by atoms with Gasteiger partial charge in [-0.1, -0.05) is 0 Å². The number of aromatic amines is 1. The van der Waals surface area contributed by atoms with Gasteiger partial charge in [0.25, 0.3) is 16.4 Å². The van der Waals surface area contributed by atoms with E-state index >= 15 is 0 Å². The van der Waals surface area contributed by atoms with Gasteiger partial charge in [-0.15, -0.1) is 0 Å². The normalized spacial score (nSPS) is 12.7. The lowest BCUT2D eigenvalue weighted by Crippen LogP contribution is -2.38. The predicted molar refractivity (Wildman–Crippen MR) is 92.2 cm³/mol. The van der Waals surface area contributed by atoms with Crippen LogP contribution in [-0.2, 0) is 11.3 Å². The molecule has 2 aromatic heterocycles. The van der Waals surface area contributed by atoms with Gasteiger partial charge in [0.15, 0.2) is 11.2 Å². The van der Waals surface area contributed by atoms with Gasteiger partial charge in [0.2, 0.25) is 5.95 Å². The maximum absolute atomic E-state index is 11.7. The number of nitrogens with zero attached hydrogens (tertiary/aromatic N) is 3. The van der Waals surface area contributed by atoms with E-state index in [1.807, 2.05) is 0 Å². The molecular formula is C14H17N7O4. The lowest BCUT2D eigenvalue weighted by atomic mass is 10.2. The largest absolute Gasteiger partial charge is 0.394 e. The minimum atomic E-state index is -0.671. The van der Waals surface area contributed by atoms with Crippen LogP contribution >= 0.6 is 0 Å². The highest BCUT2D eigenvalue weighted by molar-refractivity contribution is 5.71. The van der Waals surface area contributed by atoms with Crippen molar-refractivity contribution in [3.05, 3.63) is 37.1 Å². The first-order valence-corrected chi connectivity index (χ1v) is 7.48. The molecule has 0 saturated carbocycles. The summed E-state index contributed by atoms with van der Waals surface area (Å²) in [6, 6.07) is 0. The highest BCUT2D eigenvalue weighted by atomic mass is 16.5. The number of aromatic nitrogens is 4. The van der Waals surface area contributed by atoms with Crippen LogP contribution in [0.1, 0.15) is 6.42 Å². The van der Waals surface area contributed by atoms with Gasteiger partial charge in [-0.2, -0.15) is 4.98 Å². The summed E-state index contributed by atoms with van der Waals surface area (Å²) in [6.45, 7) is 0.766.